The van der Waals surface area contributed by atoms with E-state index in [9.17, 15) is 8.42 Å². The average molecular weight is 412 g/mol. The molecule has 28 heavy (non-hydrogen) atoms. The zero-order valence-corrected chi connectivity index (χ0v) is 17.2. The molecule has 2 N–H and O–H groups in total. The van der Waals surface area contributed by atoms with E-state index in [0.717, 1.165) is 11.3 Å². The summed E-state index contributed by atoms with van der Waals surface area (Å²) in [5, 5.41) is 6.52. The number of benzene rings is 3. The van der Waals surface area contributed by atoms with Crippen LogP contribution in [0.15, 0.2) is 83.8 Å². The number of nitrogens with one attached hydrogen (secondary N) is 2. The number of thiocarbonyl (C=S) groups is 1. The second-order valence-corrected chi connectivity index (χ2v) is 8.66. The smallest absolute Gasteiger partial charge is 0.264 e. The Hall–Kier alpha value is -2.90. The molecule has 3 rings (SSSR count). The molecule has 0 heterocycles. The summed E-state index contributed by atoms with van der Waals surface area (Å²) in [4.78, 5) is 0.183. The molecule has 5 nitrogen and oxygen atoms in total. The van der Waals surface area contributed by atoms with Gasteiger partial charge >= 0.3 is 0 Å². The number of anilines is 3. The molecule has 144 valence electrons. The van der Waals surface area contributed by atoms with Crippen LogP contribution in [0.4, 0.5) is 17.1 Å². The van der Waals surface area contributed by atoms with Crippen LogP contribution in [-0.2, 0) is 10.0 Å². The minimum absolute atomic E-state index is 0.183. The Labute approximate surface area is 171 Å². The standard InChI is InChI=1S/C21H21N3O2S2/c1-16-8-6-9-17(14-16)22-21(27)23-18-10-7-13-20(15-18)28(25,26)24(2)19-11-4-3-5-12-19/h3-15H,1-2H3,(H2,22,23,27). The van der Waals surface area contributed by atoms with Gasteiger partial charge in [-0.3, -0.25) is 4.31 Å². The summed E-state index contributed by atoms with van der Waals surface area (Å²) in [6.07, 6.45) is 0. The van der Waals surface area contributed by atoms with Gasteiger partial charge in [0.25, 0.3) is 10.0 Å². The van der Waals surface area contributed by atoms with Crippen molar-refractivity contribution in [2.75, 3.05) is 22.0 Å². The van der Waals surface area contributed by atoms with Crippen molar-refractivity contribution in [2.24, 2.45) is 0 Å². The van der Waals surface area contributed by atoms with Crippen LogP contribution >= 0.6 is 12.2 Å². The Bertz CT molecular complexity index is 1080. The molecule has 0 amide bonds. The predicted octanol–water partition coefficient (Wildman–Crippen LogP) is 4.63. The van der Waals surface area contributed by atoms with E-state index in [0.29, 0.717) is 16.5 Å². The number of hydrogen-bond donors (Lipinski definition) is 2. The fraction of sp³-hybridized carbons (Fsp3) is 0.0952. The van der Waals surface area contributed by atoms with Crippen molar-refractivity contribution >= 4 is 44.4 Å². The molecule has 3 aromatic rings. The zero-order chi connectivity index (χ0) is 20.1. The summed E-state index contributed by atoms with van der Waals surface area (Å²) in [5.41, 5.74) is 3.17. The van der Waals surface area contributed by atoms with Gasteiger partial charge in [0.15, 0.2) is 5.11 Å². The van der Waals surface area contributed by atoms with Gasteiger partial charge in [-0.15, -0.1) is 0 Å². The highest BCUT2D eigenvalue weighted by molar-refractivity contribution is 7.92. The van der Waals surface area contributed by atoms with E-state index < -0.39 is 10.0 Å². The van der Waals surface area contributed by atoms with Crippen LogP contribution < -0.4 is 14.9 Å². The molecule has 0 aliphatic carbocycles. The molecule has 0 saturated carbocycles. The summed E-state index contributed by atoms with van der Waals surface area (Å²) in [7, 11) is -2.15. The van der Waals surface area contributed by atoms with Crippen molar-refractivity contribution in [1.29, 1.82) is 0 Å². The van der Waals surface area contributed by atoms with Gasteiger partial charge in [0, 0.05) is 18.4 Å². The summed E-state index contributed by atoms with van der Waals surface area (Å²) < 4.78 is 27.2. The zero-order valence-electron chi connectivity index (χ0n) is 15.6. The Morgan fingerprint density at radius 1 is 0.857 bits per heavy atom. The normalized spacial score (nSPS) is 10.9. The van der Waals surface area contributed by atoms with Crippen LogP contribution in [0.1, 0.15) is 5.56 Å². The molecule has 0 bridgehead atoms. The SMILES string of the molecule is Cc1cccc(NC(=S)Nc2cccc(S(=O)(=O)N(C)c3ccccc3)c2)c1. The molecule has 0 atom stereocenters. The van der Waals surface area contributed by atoms with Gasteiger partial charge in [-0.25, -0.2) is 8.42 Å². The quantitative estimate of drug-likeness (QED) is 0.600. The van der Waals surface area contributed by atoms with Gasteiger partial charge in [-0.2, -0.15) is 0 Å². The summed E-state index contributed by atoms with van der Waals surface area (Å²) in [6.45, 7) is 2.00. The average Bonchev–Trinajstić information content (AvgIpc) is 2.68. The summed E-state index contributed by atoms with van der Waals surface area (Å²) in [5.74, 6) is 0. The highest BCUT2D eigenvalue weighted by atomic mass is 32.2. The number of hydrogen-bond acceptors (Lipinski definition) is 3. The van der Waals surface area contributed by atoms with Gasteiger partial charge in [-0.1, -0.05) is 36.4 Å². The maximum Gasteiger partial charge on any atom is 0.264 e. The van der Waals surface area contributed by atoms with Crippen LogP contribution in [0, 0.1) is 6.92 Å². The first-order chi connectivity index (χ1) is 13.4. The lowest BCUT2D eigenvalue weighted by atomic mass is 10.2. The largest absolute Gasteiger partial charge is 0.332 e. The highest BCUT2D eigenvalue weighted by Gasteiger charge is 2.21. The number of aryl methyl sites for hydroxylation is 1. The van der Waals surface area contributed by atoms with Crippen molar-refractivity contribution in [3.63, 3.8) is 0 Å². The Morgan fingerprint density at radius 2 is 1.46 bits per heavy atom. The summed E-state index contributed by atoms with van der Waals surface area (Å²) >= 11 is 5.34. The molecule has 3 aromatic carbocycles. The maximum atomic E-state index is 12.9. The van der Waals surface area contributed by atoms with Crippen molar-refractivity contribution in [3.05, 3.63) is 84.4 Å². The molecule has 0 spiro atoms. The van der Waals surface area contributed by atoms with Crippen LogP contribution in [0.5, 0.6) is 0 Å². The van der Waals surface area contributed by atoms with Crippen molar-refractivity contribution < 1.29 is 8.42 Å². The van der Waals surface area contributed by atoms with E-state index in [4.69, 9.17) is 12.2 Å². The third-order valence-electron chi connectivity index (χ3n) is 4.15. The first-order valence-electron chi connectivity index (χ1n) is 8.65. The van der Waals surface area contributed by atoms with Crippen LogP contribution in [0.2, 0.25) is 0 Å². The number of sulfonamides is 1. The van der Waals surface area contributed by atoms with Crippen LogP contribution in [-0.4, -0.2) is 20.6 Å². The topological polar surface area (TPSA) is 61.4 Å². The van der Waals surface area contributed by atoms with Crippen molar-refractivity contribution in [3.8, 4) is 0 Å². The van der Waals surface area contributed by atoms with Crippen LogP contribution in [0.25, 0.3) is 0 Å². The fourth-order valence-corrected chi connectivity index (χ4v) is 4.16. The lowest BCUT2D eigenvalue weighted by molar-refractivity contribution is 0.594. The second-order valence-electron chi connectivity index (χ2n) is 6.28. The molecule has 0 aliphatic rings. The Balaban J connectivity index is 1.77. The second kappa shape index (κ2) is 8.41. The van der Waals surface area contributed by atoms with Crippen molar-refractivity contribution in [1.82, 2.24) is 0 Å². The van der Waals surface area contributed by atoms with Crippen molar-refractivity contribution in [2.45, 2.75) is 11.8 Å². The number of rotatable bonds is 5. The summed E-state index contributed by atoms with van der Waals surface area (Å²) in [6, 6.07) is 23.4. The minimum Gasteiger partial charge on any atom is -0.332 e. The molecular formula is C21H21N3O2S2. The van der Waals surface area contributed by atoms with E-state index in [1.54, 1.807) is 48.5 Å². The Morgan fingerprint density at radius 3 is 2.11 bits per heavy atom. The van der Waals surface area contributed by atoms with Gasteiger partial charge in [0.05, 0.1) is 10.6 Å². The minimum atomic E-state index is -3.69. The molecule has 0 unspecified atom stereocenters. The van der Waals surface area contributed by atoms with Gasteiger partial charge in [0.2, 0.25) is 0 Å². The first kappa shape index (κ1) is 19.9. The molecule has 0 saturated heterocycles. The van der Waals surface area contributed by atoms with E-state index in [1.807, 2.05) is 37.3 Å². The van der Waals surface area contributed by atoms with Crippen LogP contribution in [0.3, 0.4) is 0 Å². The van der Waals surface area contributed by atoms with Gasteiger partial charge < -0.3 is 10.6 Å². The molecule has 7 heteroatoms. The fourth-order valence-electron chi connectivity index (χ4n) is 2.69. The van der Waals surface area contributed by atoms with E-state index in [1.165, 1.54) is 11.4 Å². The van der Waals surface area contributed by atoms with E-state index in [2.05, 4.69) is 10.6 Å². The molecule has 0 radical (unpaired) electrons. The number of nitrogens with zero attached hydrogens (tertiary/aromatic N) is 1. The number of para-hydroxylation sites is 1. The van der Waals surface area contributed by atoms with Gasteiger partial charge in [0.1, 0.15) is 0 Å². The first-order valence-corrected chi connectivity index (χ1v) is 10.5. The third-order valence-corrected chi connectivity index (χ3v) is 6.13. The van der Waals surface area contributed by atoms with E-state index in [-0.39, 0.29) is 4.90 Å². The maximum absolute atomic E-state index is 12.9. The monoisotopic (exact) mass is 411 g/mol. The lowest BCUT2D eigenvalue weighted by Gasteiger charge is -2.20. The highest BCUT2D eigenvalue weighted by Crippen LogP contribution is 2.23. The molecular weight excluding hydrogens is 390 g/mol. The Kier molecular flexibility index (Phi) is 5.96. The molecule has 0 aromatic heterocycles. The molecule has 0 fully saturated rings. The lowest BCUT2D eigenvalue weighted by Crippen LogP contribution is -2.26. The molecule has 0 aliphatic heterocycles. The van der Waals surface area contributed by atoms with Gasteiger partial charge in [-0.05, 0) is 67.2 Å². The predicted molar refractivity (Wildman–Crippen MR) is 119 cm³/mol. The third kappa shape index (κ3) is 4.68. The van der Waals surface area contributed by atoms with E-state index >= 15 is 0 Å².